The summed E-state index contributed by atoms with van der Waals surface area (Å²) >= 11 is 0. The molecule has 0 aromatic heterocycles. The first kappa shape index (κ1) is 13.8. The molecule has 1 unspecified atom stereocenters. The molecule has 0 aliphatic carbocycles. The molecule has 0 saturated carbocycles. The van der Waals surface area contributed by atoms with Crippen LogP contribution in [0.5, 0.6) is 0 Å². The van der Waals surface area contributed by atoms with Gasteiger partial charge in [0.05, 0.1) is 12.9 Å². The molecule has 19 heavy (non-hydrogen) atoms. The zero-order valence-corrected chi connectivity index (χ0v) is 11.3. The van der Waals surface area contributed by atoms with Gasteiger partial charge in [0.15, 0.2) is 5.78 Å². The fourth-order valence-corrected chi connectivity index (χ4v) is 2.03. The van der Waals surface area contributed by atoms with E-state index < -0.39 is 0 Å². The second-order valence-electron chi connectivity index (χ2n) is 4.87. The van der Waals surface area contributed by atoms with Crippen LogP contribution in [0.3, 0.4) is 0 Å². The van der Waals surface area contributed by atoms with E-state index >= 15 is 0 Å². The first-order chi connectivity index (χ1) is 9.25. The normalized spacial score (nSPS) is 18.9. The fourth-order valence-electron chi connectivity index (χ4n) is 2.03. The molecule has 1 atom stereocenters. The Labute approximate surface area is 114 Å². The van der Waals surface area contributed by atoms with Crippen molar-refractivity contribution in [1.82, 2.24) is 0 Å². The molecule has 0 fully saturated rings. The van der Waals surface area contributed by atoms with Gasteiger partial charge in [-0.25, -0.2) is 0 Å². The minimum atomic E-state index is 0.0246. The van der Waals surface area contributed by atoms with E-state index in [2.05, 4.69) is 12.1 Å². The summed E-state index contributed by atoms with van der Waals surface area (Å²) in [5, 5.41) is 0. The van der Waals surface area contributed by atoms with Gasteiger partial charge >= 0.3 is 0 Å². The summed E-state index contributed by atoms with van der Waals surface area (Å²) in [6.45, 7) is 3.14. The molecule has 3 nitrogen and oxygen atoms in total. The molecule has 0 radical (unpaired) electrons. The molecule has 2 rings (SSSR count). The third kappa shape index (κ3) is 4.52. The van der Waals surface area contributed by atoms with Crippen LogP contribution >= 0.6 is 0 Å². The van der Waals surface area contributed by atoms with Gasteiger partial charge in [0.1, 0.15) is 6.10 Å². The monoisotopic (exact) mass is 260 g/mol. The van der Waals surface area contributed by atoms with Crippen LogP contribution in [0.1, 0.15) is 31.7 Å². The lowest BCUT2D eigenvalue weighted by Crippen LogP contribution is -2.21. The molecule has 0 amide bonds. The van der Waals surface area contributed by atoms with Crippen molar-refractivity contribution >= 4 is 5.78 Å². The van der Waals surface area contributed by atoms with Gasteiger partial charge in [0.2, 0.25) is 0 Å². The average molecular weight is 260 g/mol. The van der Waals surface area contributed by atoms with Crippen LogP contribution < -0.4 is 0 Å². The van der Waals surface area contributed by atoms with Crippen LogP contribution in [0.25, 0.3) is 0 Å². The van der Waals surface area contributed by atoms with Crippen molar-refractivity contribution in [1.29, 1.82) is 0 Å². The number of benzene rings is 1. The maximum atomic E-state index is 11.5. The van der Waals surface area contributed by atoms with E-state index in [4.69, 9.17) is 9.47 Å². The van der Waals surface area contributed by atoms with Gasteiger partial charge in [-0.05, 0) is 25.3 Å². The second kappa shape index (κ2) is 7.10. The summed E-state index contributed by atoms with van der Waals surface area (Å²) < 4.78 is 11.1. The third-order valence-corrected chi connectivity index (χ3v) is 3.22. The molecule has 1 aromatic rings. The number of Topliss-reactive ketones (excluding diaryl/α,β-unsaturated/α-hetero) is 1. The van der Waals surface area contributed by atoms with E-state index in [0.717, 1.165) is 18.4 Å². The van der Waals surface area contributed by atoms with E-state index in [0.29, 0.717) is 19.6 Å². The molecule has 0 N–H and O–H groups in total. The van der Waals surface area contributed by atoms with Crippen LogP contribution in [0, 0.1) is 0 Å². The number of allylic oxidation sites excluding steroid dienone is 1. The Kier molecular flexibility index (Phi) is 5.16. The minimum Gasteiger partial charge on any atom is -0.497 e. The average Bonchev–Trinajstić information content (AvgIpc) is 2.43. The Balaban J connectivity index is 1.59. The number of rotatable bonds is 6. The number of hydrogen-bond acceptors (Lipinski definition) is 3. The smallest absolute Gasteiger partial charge is 0.165 e. The van der Waals surface area contributed by atoms with Crippen LogP contribution in [-0.2, 0) is 20.9 Å². The van der Waals surface area contributed by atoms with E-state index in [1.54, 1.807) is 13.2 Å². The predicted molar refractivity (Wildman–Crippen MR) is 73.6 cm³/mol. The standard InChI is InChI=1S/C16H20O3/c1-13-11-19-15(10-16(13)17)8-5-9-18-12-14-6-3-2-4-7-14/h2-4,6-7,11,15H,5,8-10,12H2,1H3. The molecule has 0 spiro atoms. The van der Waals surface area contributed by atoms with Gasteiger partial charge < -0.3 is 9.47 Å². The van der Waals surface area contributed by atoms with E-state index in [1.165, 1.54) is 5.56 Å². The molecular weight excluding hydrogens is 240 g/mol. The highest BCUT2D eigenvalue weighted by Gasteiger charge is 2.19. The molecule has 1 aliphatic rings. The van der Waals surface area contributed by atoms with Gasteiger partial charge in [-0.2, -0.15) is 0 Å². The molecular formula is C16H20O3. The van der Waals surface area contributed by atoms with Crippen molar-refractivity contribution in [3.8, 4) is 0 Å². The van der Waals surface area contributed by atoms with Gasteiger partial charge in [-0.15, -0.1) is 0 Å². The molecule has 0 bridgehead atoms. The largest absolute Gasteiger partial charge is 0.497 e. The van der Waals surface area contributed by atoms with Crippen LogP contribution in [0.15, 0.2) is 42.2 Å². The first-order valence-corrected chi connectivity index (χ1v) is 6.73. The second-order valence-corrected chi connectivity index (χ2v) is 4.87. The minimum absolute atomic E-state index is 0.0246. The van der Waals surface area contributed by atoms with Crippen molar-refractivity contribution in [3.63, 3.8) is 0 Å². The van der Waals surface area contributed by atoms with E-state index in [9.17, 15) is 4.79 Å². The number of carbonyl (C=O) groups is 1. The Morgan fingerprint density at radius 2 is 2.11 bits per heavy atom. The van der Waals surface area contributed by atoms with E-state index in [1.807, 2.05) is 18.2 Å². The topological polar surface area (TPSA) is 35.5 Å². The van der Waals surface area contributed by atoms with Crippen LogP contribution in [0.2, 0.25) is 0 Å². The van der Waals surface area contributed by atoms with Crippen LogP contribution in [-0.4, -0.2) is 18.5 Å². The van der Waals surface area contributed by atoms with Crippen molar-refractivity contribution in [2.24, 2.45) is 0 Å². The Morgan fingerprint density at radius 3 is 2.84 bits per heavy atom. The molecule has 1 aliphatic heterocycles. The zero-order valence-electron chi connectivity index (χ0n) is 11.3. The SMILES string of the molecule is CC1=COC(CCCOCc2ccccc2)CC1=O. The maximum absolute atomic E-state index is 11.5. The van der Waals surface area contributed by atoms with E-state index in [-0.39, 0.29) is 11.9 Å². The van der Waals surface area contributed by atoms with Gasteiger partial charge in [-0.3, -0.25) is 4.79 Å². The van der Waals surface area contributed by atoms with Crippen LogP contribution in [0.4, 0.5) is 0 Å². The van der Waals surface area contributed by atoms with Crippen molar-refractivity contribution < 1.29 is 14.3 Å². The highest BCUT2D eigenvalue weighted by Crippen LogP contribution is 2.17. The number of carbonyl (C=O) groups excluding carboxylic acids is 1. The van der Waals surface area contributed by atoms with Gasteiger partial charge in [0.25, 0.3) is 0 Å². The third-order valence-electron chi connectivity index (χ3n) is 3.22. The number of ether oxygens (including phenoxy) is 2. The predicted octanol–water partition coefficient (Wildman–Crippen LogP) is 3.25. The summed E-state index contributed by atoms with van der Waals surface area (Å²) in [4.78, 5) is 11.5. The first-order valence-electron chi connectivity index (χ1n) is 6.73. The van der Waals surface area contributed by atoms with Crippen molar-refractivity contribution in [2.45, 2.75) is 38.9 Å². The lowest BCUT2D eigenvalue weighted by atomic mass is 10.0. The number of ketones is 1. The molecule has 1 heterocycles. The molecule has 0 saturated heterocycles. The summed E-state index contributed by atoms with van der Waals surface area (Å²) in [6.07, 6.45) is 3.89. The summed E-state index contributed by atoms with van der Waals surface area (Å²) in [6, 6.07) is 10.1. The maximum Gasteiger partial charge on any atom is 0.165 e. The van der Waals surface area contributed by atoms with Gasteiger partial charge in [-0.1, -0.05) is 30.3 Å². The lowest BCUT2D eigenvalue weighted by Gasteiger charge is -2.20. The Morgan fingerprint density at radius 1 is 1.32 bits per heavy atom. The molecule has 3 heteroatoms. The summed E-state index contributed by atoms with van der Waals surface area (Å²) in [5.41, 5.74) is 1.90. The zero-order chi connectivity index (χ0) is 13.5. The number of hydrogen-bond donors (Lipinski definition) is 0. The quantitative estimate of drug-likeness (QED) is 0.737. The molecule has 1 aromatic carbocycles. The van der Waals surface area contributed by atoms with Gasteiger partial charge in [0, 0.05) is 18.6 Å². The van der Waals surface area contributed by atoms with Crippen molar-refractivity contribution in [3.05, 3.63) is 47.7 Å². The summed E-state index contributed by atoms with van der Waals surface area (Å²) in [7, 11) is 0. The summed E-state index contributed by atoms with van der Waals surface area (Å²) in [5.74, 6) is 0.196. The fraction of sp³-hybridized carbons (Fsp3) is 0.438. The Hall–Kier alpha value is -1.61. The highest BCUT2D eigenvalue weighted by atomic mass is 16.5. The highest BCUT2D eigenvalue weighted by molar-refractivity contribution is 5.95. The van der Waals surface area contributed by atoms with Crippen molar-refractivity contribution in [2.75, 3.05) is 6.61 Å². The lowest BCUT2D eigenvalue weighted by molar-refractivity contribution is -0.119. The Bertz CT molecular complexity index is 437. The molecule has 102 valence electrons.